The molecule has 3 atom stereocenters. The van der Waals surface area contributed by atoms with Gasteiger partial charge in [0.25, 0.3) is 11.5 Å². The lowest BCUT2D eigenvalue weighted by atomic mass is 9.92. The molecule has 228 valence electrons. The quantitative estimate of drug-likeness (QED) is 0.393. The van der Waals surface area contributed by atoms with Crippen molar-refractivity contribution in [3.63, 3.8) is 0 Å². The molecule has 43 heavy (non-hydrogen) atoms. The van der Waals surface area contributed by atoms with E-state index in [2.05, 4.69) is 5.32 Å². The molecular formula is C29H26ClF4N3O6. The largest absolute Gasteiger partial charge is 0.414 e. The molecular weight excluding hydrogens is 598 g/mol. The van der Waals surface area contributed by atoms with Gasteiger partial charge in [0.1, 0.15) is 11.9 Å². The topological polar surface area (TPSA) is 122 Å². The van der Waals surface area contributed by atoms with E-state index in [9.17, 15) is 31.9 Å². The first-order valence-electron chi connectivity index (χ1n) is 13.2. The Kier molecular flexibility index (Phi) is 8.88. The van der Waals surface area contributed by atoms with Crippen LogP contribution in [0.4, 0.5) is 23.2 Å². The molecule has 1 fully saturated rings. The number of nitrogens with one attached hydrogen (secondary N) is 1. The third-order valence-electron chi connectivity index (χ3n) is 7.25. The fourth-order valence-corrected chi connectivity index (χ4v) is 5.30. The van der Waals surface area contributed by atoms with E-state index in [1.165, 1.54) is 36.5 Å². The summed E-state index contributed by atoms with van der Waals surface area (Å²) >= 11 is 6.18. The first-order valence-corrected chi connectivity index (χ1v) is 13.6. The first-order chi connectivity index (χ1) is 20.4. The molecule has 14 heteroatoms. The Morgan fingerprint density at radius 3 is 2.51 bits per heavy atom. The van der Waals surface area contributed by atoms with E-state index in [0.29, 0.717) is 17.7 Å². The second-order valence-electron chi connectivity index (χ2n) is 10.2. The molecule has 0 unspecified atom stereocenters. The number of benzene rings is 2. The fourth-order valence-electron chi connectivity index (χ4n) is 5.12. The van der Waals surface area contributed by atoms with Crippen LogP contribution in [0.15, 0.2) is 53.5 Å². The Bertz CT molecular complexity index is 1610. The number of nitrogens with zero attached hydrogens (tertiary/aromatic N) is 1. The molecule has 0 aliphatic carbocycles. The van der Waals surface area contributed by atoms with Crippen LogP contribution in [0.1, 0.15) is 33.9 Å². The van der Waals surface area contributed by atoms with Gasteiger partial charge in [-0.2, -0.15) is 13.2 Å². The Hall–Kier alpha value is -3.78. The number of hydrogen-bond donors (Lipinski definition) is 2. The summed E-state index contributed by atoms with van der Waals surface area (Å²) in [7, 11) is 0. The van der Waals surface area contributed by atoms with Crippen LogP contribution in [0.25, 0.3) is 11.1 Å². The lowest BCUT2D eigenvalue weighted by molar-refractivity contribution is -0.223. The van der Waals surface area contributed by atoms with Crippen molar-refractivity contribution in [1.29, 1.82) is 0 Å². The number of carbonyl (C=O) groups excluding carboxylic acids is 2. The third-order valence-corrected chi connectivity index (χ3v) is 7.48. The van der Waals surface area contributed by atoms with Gasteiger partial charge in [0.2, 0.25) is 5.91 Å². The Balaban J connectivity index is 1.56. The molecule has 5 rings (SSSR count). The highest BCUT2D eigenvalue weighted by atomic mass is 35.5. The molecule has 2 aliphatic heterocycles. The molecule has 0 bridgehead atoms. The monoisotopic (exact) mass is 623 g/mol. The number of amides is 2. The van der Waals surface area contributed by atoms with E-state index in [1.54, 1.807) is 0 Å². The van der Waals surface area contributed by atoms with Crippen LogP contribution in [0.2, 0.25) is 5.02 Å². The van der Waals surface area contributed by atoms with Crippen LogP contribution in [-0.2, 0) is 32.0 Å². The van der Waals surface area contributed by atoms with Crippen molar-refractivity contribution in [2.75, 3.05) is 25.1 Å². The zero-order chi connectivity index (χ0) is 30.9. The molecule has 1 aromatic heterocycles. The zero-order valence-corrected chi connectivity index (χ0v) is 23.2. The molecule has 3 heterocycles. The number of ether oxygens (including phenoxy) is 3. The Morgan fingerprint density at radius 1 is 1.07 bits per heavy atom. The maximum Gasteiger partial charge on any atom is 0.414 e. The summed E-state index contributed by atoms with van der Waals surface area (Å²) in [6, 6.07) is 7.65. The molecule has 2 aromatic carbocycles. The number of fused-ring (bicyclic) bond motifs is 3. The minimum atomic E-state index is -4.66. The summed E-state index contributed by atoms with van der Waals surface area (Å²) in [5.74, 6) is -2.70. The highest BCUT2D eigenvalue weighted by Crippen LogP contribution is 2.37. The van der Waals surface area contributed by atoms with Crippen molar-refractivity contribution in [2.24, 2.45) is 5.73 Å². The van der Waals surface area contributed by atoms with E-state index >= 15 is 0 Å². The highest BCUT2D eigenvalue weighted by molar-refractivity contribution is 6.30. The average molecular weight is 624 g/mol. The van der Waals surface area contributed by atoms with Gasteiger partial charge < -0.3 is 29.8 Å². The fraction of sp³-hybridized carbons (Fsp3) is 0.345. The van der Waals surface area contributed by atoms with Crippen molar-refractivity contribution < 1.29 is 41.4 Å². The van der Waals surface area contributed by atoms with E-state index in [-0.39, 0.29) is 47.0 Å². The Labute approximate surface area is 247 Å². The van der Waals surface area contributed by atoms with E-state index < -0.39 is 60.6 Å². The van der Waals surface area contributed by atoms with Gasteiger partial charge in [0.05, 0.1) is 38.1 Å². The maximum atomic E-state index is 14.4. The number of nitrogens with two attached hydrogens (primary N) is 1. The predicted molar refractivity (Wildman–Crippen MR) is 147 cm³/mol. The standard InChI is InChI=1S/C29H26ClF4N3O6/c30-17-2-1-15-7-25(29(32,33)34)43-13-16-12-37(26(38)11-22(16)21(15)8-17)24(10-19-14-41-5-6-42-19)28(40)36-18-3-4-20(27(35)39)23(31)9-18/h1-4,8-9,11-12,19,24-25H,5-7,10,13-14H2,(H2,35,39)(H,36,40)/t19-,24+,25+/m1/s1. The van der Waals surface area contributed by atoms with Gasteiger partial charge >= 0.3 is 6.18 Å². The van der Waals surface area contributed by atoms with Crippen molar-refractivity contribution in [3.05, 3.63) is 86.5 Å². The number of alkyl halides is 3. The van der Waals surface area contributed by atoms with Crippen molar-refractivity contribution in [2.45, 2.75) is 43.9 Å². The summed E-state index contributed by atoms with van der Waals surface area (Å²) in [5, 5.41) is 2.80. The van der Waals surface area contributed by atoms with Crippen molar-refractivity contribution in [3.8, 4) is 11.1 Å². The number of carbonyl (C=O) groups is 2. The van der Waals surface area contributed by atoms with Gasteiger partial charge in [0, 0.05) is 41.4 Å². The number of aromatic nitrogens is 1. The molecule has 0 saturated carbocycles. The summed E-state index contributed by atoms with van der Waals surface area (Å²) < 4.78 is 73.3. The Morgan fingerprint density at radius 2 is 1.84 bits per heavy atom. The summed E-state index contributed by atoms with van der Waals surface area (Å²) in [4.78, 5) is 38.6. The SMILES string of the molecule is NC(=O)c1ccc(NC(=O)[C@H](C[C@@H]2COCCO2)n2cc3c(cc2=O)-c2cc(Cl)ccc2C[C@@H](C(F)(F)F)OC3)cc1F. The molecule has 0 spiro atoms. The molecule has 0 radical (unpaired) electrons. The summed E-state index contributed by atoms with van der Waals surface area (Å²) in [5.41, 5.74) is 5.29. The molecule has 9 nitrogen and oxygen atoms in total. The van der Waals surface area contributed by atoms with Gasteiger partial charge in [-0.05, 0) is 47.0 Å². The van der Waals surface area contributed by atoms with E-state index in [0.717, 1.165) is 16.7 Å². The van der Waals surface area contributed by atoms with Crippen LogP contribution < -0.4 is 16.6 Å². The average Bonchev–Trinajstić information content (AvgIpc) is 2.94. The highest BCUT2D eigenvalue weighted by Gasteiger charge is 2.42. The van der Waals surface area contributed by atoms with Crippen LogP contribution >= 0.6 is 11.6 Å². The van der Waals surface area contributed by atoms with Crippen molar-refractivity contribution in [1.82, 2.24) is 4.57 Å². The van der Waals surface area contributed by atoms with Gasteiger partial charge in [-0.3, -0.25) is 14.4 Å². The molecule has 3 aromatic rings. The molecule has 1 saturated heterocycles. The number of hydrogen-bond acceptors (Lipinski definition) is 6. The maximum absolute atomic E-state index is 14.4. The van der Waals surface area contributed by atoms with Crippen LogP contribution in [0, 0.1) is 5.82 Å². The number of rotatable bonds is 6. The summed E-state index contributed by atoms with van der Waals surface area (Å²) in [6.45, 7) is 0.218. The second-order valence-corrected chi connectivity index (χ2v) is 10.6. The number of pyridine rings is 1. The number of primary amides is 1. The lowest BCUT2D eigenvalue weighted by Gasteiger charge is -2.29. The molecule has 2 amide bonds. The second kappa shape index (κ2) is 12.4. The van der Waals surface area contributed by atoms with Gasteiger partial charge in [-0.15, -0.1) is 0 Å². The predicted octanol–water partition coefficient (Wildman–Crippen LogP) is 4.40. The zero-order valence-electron chi connectivity index (χ0n) is 22.5. The number of halogens is 5. The van der Waals surface area contributed by atoms with Crippen LogP contribution in [-0.4, -0.2) is 54.6 Å². The molecule has 2 aliphatic rings. The van der Waals surface area contributed by atoms with E-state index in [1.807, 2.05) is 0 Å². The van der Waals surface area contributed by atoms with Crippen LogP contribution in [0.5, 0.6) is 0 Å². The minimum Gasteiger partial charge on any atom is -0.376 e. The van der Waals surface area contributed by atoms with Gasteiger partial charge in [-0.1, -0.05) is 17.7 Å². The van der Waals surface area contributed by atoms with Gasteiger partial charge in [-0.25, -0.2) is 4.39 Å². The minimum absolute atomic E-state index is 0.0162. The van der Waals surface area contributed by atoms with Gasteiger partial charge in [0.15, 0.2) is 6.10 Å². The van der Waals surface area contributed by atoms with Crippen molar-refractivity contribution >= 4 is 29.1 Å². The number of anilines is 1. The smallest absolute Gasteiger partial charge is 0.376 e. The van der Waals surface area contributed by atoms with E-state index in [4.69, 9.17) is 31.5 Å². The third kappa shape index (κ3) is 6.90. The summed E-state index contributed by atoms with van der Waals surface area (Å²) in [6.07, 6.45) is -6.63. The molecule has 3 N–H and O–H groups in total. The normalized spacial score (nSPS) is 19.4. The lowest BCUT2D eigenvalue weighted by Crippen LogP contribution is -2.39. The van der Waals surface area contributed by atoms with Crippen LogP contribution in [0.3, 0.4) is 0 Å². The first kappa shape index (κ1) is 30.7.